The van der Waals surface area contributed by atoms with E-state index in [2.05, 4.69) is 0 Å². The highest BCUT2D eigenvalue weighted by atomic mass is 16.5. The van der Waals surface area contributed by atoms with Gasteiger partial charge in [-0.15, -0.1) is 0 Å². The van der Waals surface area contributed by atoms with Crippen LogP contribution in [0.4, 0.5) is 0 Å². The highest BCUT2D eigenvalue weighted by Crippen LogP contribution is 2.31. The quantitative estimate of drug-likeness (QED) is 0.892. The monoisotopic (exact) mass is 260 g/mol. The molecule has 0 spiro atoms. The van der Waals surface area contributed by atoms with E-state index in [-0.39, 0.29) is 12.0 Å². The predicted octanol–water partition coefficient (Wildman–Crippen LogP) is 1.32. The number of hydrogen-bond donors (Lipinski definition) is 1. The molecule has 19 heavy (non-hydrogen) atoms. The number of ether oxygens (including phenoxy) is 1. The smallest absolute Gasteiger partial charge is 0.241 e. The second kappa shape index (κ2) is 5.31. The van der Waals surface area contributed by atoms with Gasteiger partial charge in [0, 0.05) is 6.54 Å². The Morgan fingerprint density at radius 2 is 2.00 bits per heavy atom. The van der Waals surface area contributed by atoms with Gasteiger partial charge in [-0.3, -0.25) is 4.79 Å². The summed E-state index contributed by atoms with van der Waals surface area (Å²) < 4.78 is 5.82. The molecule has 1 saturated heterocycles. The Bertz CT molecular complexity index is 445. The lowest BCUT2D eigenvalue weighted by atomic mass is 10.1. The number of hydrogen-bond acceptors (Lipinski definition) is 3. The Labute approximate surface area is 113 Å². The van der Waals surface area contributed by atoms with E-state index in [1.54, 1.807) is 0 Å². The van der Waals surface area contributed by atoms with Crippen molar-refractivity contribution >= 4 is 5.91 Å². The second-order valence-electron chi connectivity index (χ2n) is 5.53. The van der Waals surface area contributed by atoms with Crippen molar-refractivity contribution in [3.05, 3.63) is 35.9 Å². The first-order valence-corrected chi connectivity index (χ1v) is 6.95. The summed E-state index contributed by atoms with van der Waals surface area (Å²) in [5.74, 6) is 0.705. The van der Waals surface area contributed by atoms with Gasteiger partial charge >= 0.3 is 0 Å². The third-order valence-electron chi connectivity index (χ3n) is 3.84. The summed E-state index contributed by atoms with van der Waals surface area (Å²) in [7, 11) is 0. The molecule has 2 fully saturated rings. The first-order valence-electron chi connectivity index (χ1n) is 6.95. The molecule has 1 aliphatic heterocycles. The molecule has 1 aromatic rings. The molecule has 1 aromatic carbocycles. The van der Waals surface area contributed by atoms with E-state index in [4.69, 9.17) is 10.5 Å². The van der Waals surface area contributed by atoms with Crippen LogP contribution in [-0.2, 0) is 9.53 Å². The Morgan fingerprint density at radius 1 is 1.26 bits per heavy atom. The molecule has 0 bridgehead atoms. The summed E-state index contributed by atoms with van der Waals surface area (Å²) in [6.07, 6.45) is 2.41. The topological polar surface area (TPSA) is 55.6 Å². The van der Waals surface area contributed by atoms with E-state index in [9.17, 15) is 4.79 Å². The van der Waals surface area contributed by atoms with Crippen LogP contribution in [0.25, 0.3) is 0 Å². The summed E-state index contributed by atoms with van der Waals surface area (Å²) in [5, 5.41) is 0. The first-order chi connectivity index (χ1) is 9.24. The second-order valence-corrected chi connectivity index (χ2v) is 5.53. The number of benzene rings is 1. The Morgan fingerprint density at radius 3 is 2.68 bits per heavy atom. The number of nitrogens with two attached hydrogens (primary N) is 1. The van der Waals surface area contributed by atoms with Crippen LogP contribution >= 0.6 is 0 Å². The van der Waals surface area contributed by atoms with E-state index in [0.717, 1.165) is 12.1 Å². The fourth-order valence-corrected chi connectivity index (χ4v) is 2.51. The lowest BCUT2D eigenvalue weighted by molar-refractivity contribution is -0.132. The fourth-order valence-electron chi connectivity index (χ4n) is 2.51. The molecule has 0 aromatic heterocycles. The average molecular weight is 260 g/mol. The van der Waals surface area contributed by atoms with E-state index in [1.807, 2.05) is 35.2 Å². The first kappa shape index (κ1) is 12.6. The van der Waals surface area contributed by atoms with Gasteiger partial charge in [-0.25, -0.2) is 0 Å². The van der Waals surface area contributed by atoms with Gasteiger partial charge in [-0.1, -0.05) is 30.3 Å². The molecule has 4 heteroatoms. The van der Waals surface area contributed by atoms with E-state index >= 15 is 0 Å². The third kappa shape index (κ3) is 2.96. The zero-order chi connectivity index (χ0) is 13.2. The van der Waals surface area contributed by atoms with Crippen LogP contribution in [-0.4, -0.2) is 36.5 Å². The summed E-state index contributed by atoms with van der Waals surface area (Å²) in [6, 6.07) is 9.54. The molecule has 1 amide bonds. The van der Waals surface area contributed by atoms with E-state index in [1.165, 1.54) is 12.8 Å². The van der Waals surface area contributed by atoms with Crippen LogP contribution < -0.4 is 5.73 Å². The SMILES string of the molecule is NC1CO[C@H](c2ccccc2)CN(CC2CC2)C1=O. The number of nitrogens with zero attached hydrogens (tertiary/aromatic N) is 1. The average Bonchev–Trinajstić information content (AvgIpc) is 3.26. The Hall–Kier alpha value is -1.39. The number of amides is 1. The fraction of sp³-hybridized carbons (Fsp3) is 0.533. The van der Waals surface area contributed by atoms with Gasteiger partial charge in [-0.2, -0.15) is 0 Å². The molecule has 2 atom stereocenters. The molecule has 1 heterocycles. The number of rotatable bonds is 3. The highest BCUT2D eigenvalue weighted by molar-refractivity contribution is 5.82. The lowest BCUT2D eigenvalue weighted by Crippen LogP contribution is -2.45. The third-order valence-corrected chi connectivity index (χ3v) is 3.84. The Balaban J connectivity index is 1.76. The standard InChI is InChI=1S/C15H20N2O2/c16-13-10-19-14(12-4-2-1-3-5-12)9-17(15(13)18)8-11-6-7-11/h1-5,11,13-14H,6-10,16H2/t13?,14-/m0/s1. The molecule has 2 aliphatic rings. The molecular weight excluding hydrogens is 240 g/mol. The van der Waals surface area contributed by atoms with Crippen LogP contribution in [0.1, 0.15) is 24.5 Å². The van der Waals surface area contributed by atoms with E-state index in [0.29, 0.717) is 19.1 Å². The van der Waals surface area contributed by atoms with Crippen LogP contribution in [0.15, 0.2) is 30.3 Å². The lowest BCUT2D eigenvalue weighted by Gasteiger charge is -2.24. The van der Waals surface area contributed by atoms with Gasteiger partial charge in [0.2, 0.25) is 5.91 Å². The van der Waals surface area contributed by atoms with Crippen molar-refractivity contribution < 1.29 is 9.53 Å². The van der Waals surface area contributed by atoms with Crippen LogP contribution in [0.5, 0.6) is 0 Å². The molecular formula is C15H20N2O2. The minimum Gasteiger partial charge on any atom is -0.370 e. The zero-order valence-corrected chi connectivity index (χ0v) is 11.0. The molecule has 1 aliphatic carbocycles. The van der Waals surface area contributed by atoms with Crippen LogP contribution in [0.3, 0.4) is 0 Å². The van der Waals surface area contributed by atoms with Crippen LogP contribution in [0.2, 0.25) is 0 Å². The van der Waals surface area contributed by atoms with Crippen molar-refractivity contribution in [3.8, 4) is 0 Å². The van der Waals surface area contributed by atoms with Gasteiger partial charge in [0.1, 0.15) is 12.1 Å². The van der Waals surface area contributed by atoms with Crippen molar-refractivity contribution in [2.24, 2.45) is 11.7 Å². The molecule has 1 saturated carbocycles. The van der Waals surface area contributed by atoms with Gasteiger partial charge < -0.3 is 15.4 Å². The normalized spacial score (nSPS) is 28.3. The van der Waals surface area contributed by atoms with Crippen molar-refractivity contribution in [1.29, 1.82) is 0 Å². The molecule has 3 rings (SSSR count). The minimum atomic E-state index is -0.521. The van der Waals surface area contributed by atoms with E-state index < -0.39 is 6.04 Å². The van der Waals surface area contributed by atoms with Gasteiger partial charge in [0.15, 0.2) is 0 Å². The van der Waals surface area contributed by atoms with Gasteiger partial charge in [0.25, 0.3) is 0 Å². The summed E-state index contributed by atoms with van der Waals surface area (Å²) >= 11 is 0. The number of carbonyl (C=O) groups excluding carboxylic acids is 1. The maximum atomic E-state index is 12.2. The van der Waals surface area contributed by atoms with Crippen molar-refractivity contribution in [1.82, 2.24) is 4.90 Å². The molecule has 2 N–H and O–H groups in total. The zero-order valence-electron chi connectivity index (χ0n) is 11.0. The van der Waals surface area contributed by atoms with Crippen molar-refractivity contribution in [3.63, 3.8) is 0 Å². The predicted molar refractivity (Wildman–Crippen MR) is 72.4 cm³/mol. The highest BCUT2D eigenvalue weighted by Gasteiger charge is 2.33. The van der Waals surface area contributed by atoms with Crippen molar-refractivity contribution in [2.45, 2.75) is 25.0 Å². The molecule has 0 radical (unpaired) electrons. The maximum Gasteiger partial charge on any atom is 0.241 e. The molecule has 1 unspecified atom stereocenters. The summed E-state index contributed by atoms with van der Waals surface area (Å²) in [6.45, 7) is 1.76. The molecule has 102 valence electrons. The Kier molecular flexibility index (Phi) is 3.53. The largest absolute Gasteiger partial charge is 0.370 e. The number of carbonyl (C=O) groups is 1. The minimum absolute atomic E-state index is 0.0327. The summed E-state index contributed by atoms with van der Waals surface area (Å²) in [4.78, 5) is 14.1. The van der Waals surface area contributed by atoms with Gasteiger partial charge in [0.05, 0.1) is 13.2 Å². The summed E-state index contributed by atoms with van der Waals surface area (Å²) in [5.41, 5.74) is 7.00. The maximum absolute atomic E-state index is 12.2. The molecule has 4 nitrogen and oxygen atoms in total. The van der Waals surface area contributed by atoms with Gasteiger partial charge in [-0.05, 0) is 24.3 Å². The van der Waals surface area contributed by atoms with Crippen LogP contribution in [0, 0.1) is 5.92 Å². The van der Waals surface area contributed by atoms with Crippen molar-refractivity contribution in [2.75, 3.05) is 19.7 Å².